The molecule has 0 bridgehead atoms. The van der Waals surface area contributed by atoms with Crippen LogP contribution >= 0.6 is 0 Å². The van der Waals surface area contributed by atoms with Crippen LogP contribution in [0.3, 0.4) is 0 Å². The monoisotopic (exact) mass is 273 g/mol. The van der Waals surface area contributed by atoms with Gasteiger partial charge >= 0.3 is 0 Å². The molecular weight excluding hydrogens is 250 g/mol. The van der Waals surface area contributed by atoms with E-state index in [1.165, 1.54) is 0 Å². The molecule has 0 aliphatic rings. The van der Waals surface area contributed by atoms with Crippen LogP contribution in [-0.4, -0.2) is 36.0 Å². The van der Waals surface area contributed by atoms with E-state index in [4.69, 9.17) is 0 Å². The van der Waals surface area contributed by atoms with E-state index in [0.717, 1.165) is 24.6 Å². The van der Waals surface area contributed by atoms with Crippen molar-refractivity contribution in [3.63, 3.8) is 0 Å². The van der Waals surface area contributed by atoms with Crippen LogP contribution in [-0.2, 0) is 22.9 Å². The van der Waals surface area contributed by atoms with Crippen molar-refractivity contribution in [1.29, 1.82) is 0 Å². The van der Waals surface area contributed by atoms with Crippen LogP contribution in [0.2, 0.25) is 0 Å². The number of imidazole rings is 1. The average Bonchev–Trinajstić information content (AvgIpc) is 2.68. The largest absolute Gasteiger partial charge is 0.331 e. The molecule has 0 aromatic carbocycles. The Labute approximate surface area is 110 Å². The Kier molecular flexibility index (Phi) is 5.81. The van der Waals surface area contributed by atoms with Gasteiger partial charge in [0, 0.05) is 25.0 Å². The van der Waals surface area contributed by atoms with Gasteiger partial charge in [0.1, 0.15) is 15.7 Å². The fourth-order valence-electron chi connectivity index (χ4n) is 1.80. The maximum Gasteiger partial charge on any atom is 0.150 e. The van der Waals surface area contributed by atoms with Crippen molar-refractivity contribution in [2.24, 2.45) is 0 Å². The van der Waals surface area contributed by atoms with E-state index in [-0.39, 0.29) is 11.5 Å². The van der Waals surface area contributed by atoms with Gasteiger partial charge in [-0.1, -0.05) is 13.8 Å². The summed E-state index contributed by atoms with van der Waals surface area (Å²) in [5.74, 6) is 1.42. The summed E-state index contributed by atoms with van der Waals surface area (Å²) < 4.78 is 25.0. The summed E-state index contributed by atoms with van der Waals surface area (Å²) in [5.41, 5.74) is 1.11. The molecule has 1 N–H and O–H groups in total. The van der Waals surface area contributed by atoms with Gasteiger partial charge in [-0.2, -0.15) is 0 Å². The number of nitrogens with one attached hydrogen (secondary N) is 1. The number of sulfone groups is 1. The predicted octanol–water partition coefficient (Wildman–Crippen LogP) is 1.13. The van der Waals surface area contributed by atoms with Gasteiger partial charge < -0.3 is 9.88 Å². The Bertz CT molecular complexity index is 466. The summed E-state index contributed by atoms with van der Waals surface area (Å²) in [7, 11) is -2.86. The molecule has 0 saturated carbocycles. The molecule has 0 saturated heterocycles. The Morgan fingerprint density at radius 2 is 2.11 bits per heavy atom. The zero-order valence-electron chi connectivity index (χ0n) is 11.4. The van der Waals surface area contributed by atoms with Crippen molar-refractivity contribution in [1.82, 2.24) is 14.9 Å². The first-order valence-electron chi connectivity index (χ1n) is 6.42. The maximum atomic E-state index is 11.4. The molecule has 0 amide bonds. The summed E-state index contributed by atoms with van der Waals surface area (Å²) in [4.78, 5) is 4.28. The van der Waals surface area contributed by atoms with E-state index in [9.17, 15) is 8.42 Å². The van der Waals surface area contributed by atoms with Gasteiger partial charge in [0.05, 0.1) is 11.4 Å². The van der Waals surface area contributed by atoms with Crippen molar-refractivity contribution in [2.75, 3.05) is 18.1 Å². The molecule has 18 heavy (non-hydrogen) atoms. The second-order valence-electron chi connectivity index (χ2n) is 4.32. The van der Waals surface area contributed by atoms with E-state index in [1.807, 2.05) is 13.1 Å². The molecule has 0 aliphatic carbocycles. The first kappa shape index (κ1) is 15.2. The molecule has 5 nitrogen and oxygen atoms in total. The Morgan fingerprint density at radius 1 is 1.39 bits per heavy atom. The van der Waals surface area contributed by atoms with Crippen LogP contribution in [0.15, 0.2) is 6.20 Å². The van der Waals surface area contributed by atoms with E-state index >= 15 is 0 Å². The topological polar surface area (TPSA) is 64.0 Å². The highest BCUT2D eigenvalue weighted by Gasteiger charge is 2.09. The zero-order chi connectivity index (χ0) is 13.6. The molecule has 0 spiro atoms. The quantitative estimate of drug-likeness (QED) is 0.771. The third-order valence-corrected chi connectivity index (χ3v) is 4.76. The van der Waals surface area contributed by atoms with Crippen molar-refractivity contribution in [3.8, 4) is 0 Å². The third kappa shape index (κ3) is 4.42. The van der Waals surface area contributed by atoms with Crippen molar-refractivity contribution in [2.45, 2.75) is 40.3 Å². The molecule has 104 valence electrons. The molecule has 1 rings (SSSR count). The molecule has 0 atom stereocenters. The summed E-state index contributed by atoms with van der Waals surface area (Å²) in [6, 6.07) is 0. The van der Waals surface area contributed by atoms with E-state index in [2.05, 4.69) is 21.8 Å². The highest BCUT2D eigenvalue weighted by Crippen LogP contribution is 2.07. The van der Waals surface area contributed by atoms with Crippen LogP contribution < -0.4 is 5.32 Å². The van der Waals surface area contributed by atoms with Crippen LogP contribution in [0.1, 0.15) is 31.8 Å². The molecule has 1 heterocycles. The minimum Gasteiger partial charge on any atom is -0.331 e. The number of nitrogens with zero attached hydrogens (tertiary/aromatic N) is 2. The van der Waals surface area contributed by atoms with Crippen LogP contribution in [0, 0.1) is 6.92 Å². The summed E-state index contributed by atoms with van der Waals surface area (Å²) >= 11 is 0. The molecule has 0 fully saturated rings. The maximum absolute atomic E-state index is 11.4. The number of hydrogen-bond acceptors (Lipinski definition) is 4. The molecule has 0 aliphatic heterocycles. The van der Waals surface area contributed by atoms with Crippen molar-refractivity contribution in [3.05, 3.63) is 17.7 Å². The lowest BCUT2D eigenvalue weighted by Gasteiger charge is -2.10. The van der Waals surface area contributed by atoms with E-state index in [0.29, 0.717) is 13.0 Å². The van der Waals surface area contributed by atoms with Gasteiger partial charge in [-0.3, -0.25) is 0 Å². The first-order valence-corrected chi connectivity index (χ1v) is 8.24. The second-order valence-corrected chi connectivity index (χ2v) is 6.79. The van der Waals surface area contributed by atoms with Crippen LogP contribution in [0.25, 0.3) is 0 Å². The average molecular weight is 273 g/mol. The van der Waals surface area contributed by atoms with Crippen molar-refractivity contribution >= 4 is 9.84 Å². The number of rotatable bonds is 8. The summed E-state index contributed by atoms with van der Waals surface area (Å²) in [6.45, 7) is 8.09. The first-order chi connectivity index (χ1) is 8.50. The highest BCUT2D eigenvalue weighted by molar-refractivity contribution is 7.91. The minimum atomic E-state index is -2.86. The van der Waals surface area contributed by atoms with Gasteiger partial charge in [0.2, 0.25) is 0 Å². The molecule has 1 aromatic rings. The standard InChI is InChI=1S/C12H23N3O2S/c1-4-13-9-12-10-14-11(3)15(12)7-6-8-18(16,17)5-2/h10,13H,4-9H2,1-3H3. The highest BCUT2D eigenvalue weighted by atomic mass is 32.2. The van der Waals surface area contributed by atoms with Gasteiger partial charge in [-0.05, 0) is 19.9 Å². The Morgan fingerprint density at radius 3 is 2.72 bits per heavy atom. The lowest BCUT2D eigenvalue weighted by Crippen LogP contribution is -2.17. The molecule has 0 unspecified atom stereocenters. The molecule has 0 radical (unpaired) electrons. The fraction of sp³-hybridized carbons (Fsp3) is 0.750. The van der Waals surface area contributed by atoms with Gasteiger partial charge in [-0.25, -0.2) is 13.4 Å². The second kappa shape index (κ2) is 6.89. The summed E-state index contributed by atoms with van der Waals surface area (Å²) in [6.07, 6.45) is 2.50. The predicted molar refractivity (Wildman–Crippen MR) is 73.3 cm³/mol. The van der Waals surface area contributed by atoms with Gasteiger partial charge in [0.15, 0.2) is 0 Å². The van der Waals surface area contributed by atoms with Gasteiger partial charge in [0.25, 0.3) is 0 Å². The van der Waals surface area contributed by atoms with E-state index in [1.54, 1.807) is 6.92 Å². The van der Waals surface area contributed by atoms with Gasteiger partial charge in [-0.15, -0.1) is 0 Å². The Balaban J connectivity index is 2.58. The Hall–Kier alpha value is -0.880. The molecule has 6 heteroatoms. The lowest BCUT2D eigenvalue weighted by atomic mass is 10.4. The summed E-state index contributed by atoms with van der Waals surface area (Å²) in [5, 5.41) is 3.26. The lowest BCUT2D eigenvalue weighted by molar-refractivity contribution is 0.574. The molecular formula is C12H23N3O2S. The number of hydrogen-bond donors (Lipinski definition) is 1. The van der Waals surface area contributed by atoms with E-state index < -0.39 is 9.84 Å². The normalized spacial score (nSPS) is 11.9. The fourth-order valence-corrected chi connectivity index (χ4v) is 2.66. The smallest absolute Gasteiger partial charge is 0.150 e. The van der Waals surface area contributed by atoms with Crippen LogP contribution in [0.5, 0.6) is 0 Å². The van der Waals surface area contributed by atoms with Crippen LogP contribution in [0.4, 0.5) is 0 Å². The van der Waals surface area contributed by atoms with Crippen molar-refractivity contribution < 1.29 is 8.42 Å². The number of aromatic nitrogens is 2. The molecule has 1 aromatic heterocycles. The third-order valence-electron chi connectivity index (χ3n) is 2.97. The SMILES string of the molecule is CCNCc1cnc(C)n1CCCS(=O)(=O)CC. The minimum absolute atomic E-state index is 0.222. The zero-order valence-corrected chi connectivity index (χ0v) is 12.3. The number of aryl methyl sites for hydroxylation is 1.